The number of halogens is 1. The maximum Gasteiger partial charge on any atom is 0.337 e. The topological polar surface area (TPSA) is 60.8 Å². The zero-order valence-corrected chi connectivity index (χ0v) is 14.5. The molecule has 25 heavy (non-hydrogen) atoms. The van der Waals surface area contributed by atoms with Gasteiger partial charge in [0.05, 0.1) is 18.1 Å². The molecular weight excluding hydrogens is 340 g/mol. The summed E-state index contributed by atoms with van der Waals surface area (Å²) < 4.78 is 10.8. The van der Waals surface area contributed by atoms with E-state index in [9.17, 15) is 4.79 Å². The van der Waals surface area contributed by atoms with Crippen LogP contribution in [0.3, 0.4) is 0 Å². The predicted molar refractivity (Wildman–Crippen MR) is 95.3 cm³/mol. The molecule has 1 aromatic carbocycles. The van der Waals surface area contributed by atoms with E-state index in [1.165, 1.54) is 7.11 Å². The first-order valence-corrected chi connectivity index (χ1v) is 8.55. The van der Waals surface area contributed by atoms with E-state index in [0.29, 0.717) is 28.8 Å². The molecule has 0 amide bonds. The van der Waals surface area contributed by atoms with Crippen LogP contribution in [0.15, 0.2) is 35.3 Å². The van der Waals surface area contributed by atoms with Crippen molar-refractivity contribution in [3.63, 3.8) is 0 Å². The predicted octanol–water partition coefficient (Wildman–Crippen LogP) is 3.89. The van der Waals surface area contributed by atoms with E-state index in [-0.39, 0.29) is 11.4 Å². The summed E-state index contributed by atoms with van der Waals surface area (Å²) in [4.78, 5) is 20.9. The monoisotopic (exact) mass is 356 g/mol. The van der Waals surface area contributed by atoms with Crippen molar-refractivity contribution in [1.82, 2.24) is 4.98 Å². The van der Waals surface area contributed by atoms with Crippen molar-refractivity contribution in [2.24, 2.45) is 4.99 Å². The van der Waals surface area contributed by atoms with Gasteiger partial charge in [-0.1, -0.05) is 17.7 Å². The van der Waals surface area contributed by atoms with Gasteiger partial charge in [-0.05, 0) is 49.1 Å². The smallest absolute Gasteiger partial charge is 0.337 e. The largest absolute Gasteiger partial charge is 0.490 e. The number of carbonyl (C=O) groups is 1. The Morgan fingerprint density at radius 2 is 2.20 bits per heavy atom. The Morgan fingerprint density at radius 3 is 3.04 bits per heavy atom. The van der Waals surface area contributed by atoms with Gasteiger partial charge in [-0.15, -0.1) is 0 Å². The van der Waals surface area contributed by atoms with Gasteiger partial charge in [0.15, 0.2) is 0 Å². The lowest BCUT2D eigenvalue weighted by atomic mass is 9.73. The fraction of sp³-hybridized carbons (Fsp3) is 0.316. The molecule has 0 radical (unpaired) electrons. The van der Waals surface area contributed by atoms with Crippen molar-refractivity contribution >= 4 is 29.5 Å². The van der Waals surface area contributed by atoms with Crippen LogP contribution in [0.1, 0.15) is 34.5 Å². The molecule has 1 aliphatic carbocycles. The van der Waals surface area contributed by atoms with E-state index >= 15 is 0 Å². The molecule has 2 heterocycles. The summed E-state index contributed by atoms with van der Waals surface area (Å²) in [7, 11) is 1.36. The second kappa shape index (κ2) is 6.15. The van der Waals surface area contributed by atoms with Gasteiger partial charge in [0.2, 0.25) is 0 Å². The number of hydrogen-bond acceptors (Lipinski definition) is 5. The summed E-state index contributed by atoms with van der Waals surface area (Å²) in [6.45, 7) is 0.484. The molecule has 0 saturated carbocycles. The van der Waals surface area contributed by atoms with Gasteiger partial charge in [0.25, 0.3) is 0 Å². The standard InChI is InChI=1S/C19H17ClN2O3/c1-24-18(23)12-4-6-16-15(9-12)21-10-19(11-25-16)8-2-3-14-13(19)5-7-17(20)22-14/h4-7,9-10H,2-3,8,11H2,1H3. The first kappa shape index (κ1) is 16.1. The SMILES string of the molecule is COC(=O)c1ccc2c(c1)N=CC1(CCCc3nc(Cl)ccc31)CO2. The lowest BCUT2D eigenvalue weighted by Gasteiger charge is -2.34. The van der Waals surface area contributed by atoms with Crippen molar-refractivity contribution in [3.05, 3.63) is 52.3 Å². The zero-order valence-electron chi connectivity index (χ0n) is 13.8. The number of benzene rings is 1. The van der Waals surface area contributed by atoms with Crippen LogP contribution in [0.4, 0.5) is 5.69 Å². The van der Waals surface area contributed by atoms with Crippen molar-refractivity contribution in [1.29, 1.82) is 0 Å². The van der Waals surface area contributed by atoms with E-state index in [1.807, 2.05) is 18.3 Å². The molecule has 0 bridgehead atoms. The summed E-state index contributed by atoms with van der Waals surface area (Å²) in [6.07, 6.45) is 4.78. The maximum atomic E-state index is 11.7. The third-order valence-corrected chi connectivity index (χ3v) is 5.04. The molecule has 2 aliphatic rings. The molecular formula is C19H17ClN2O3. The molecule has 1 atom stereocenters. The van der Waals surface area contributed by atoms with E-state index in [0.717, 1.165) is 30.5 Å². The molecule has 6 heteroatoms. The Bertz CT molecular complexity index is 881. The summed E-state index contributed by atoms with van der Waals surface area (Å²) in [5, 5.41) is 0.508. The number of esters is 1. The molecule has 1 unspecified atom stereocenters. The second-order valence-electron chi connectivity index (χ2n) is 6.36. The number of nitrogens with zero attached hydrogens (tertiary/aromatic N) is 2. The van der Waals surface area contributed by atoms with Gasteiger partial charge in [-0.3, -0.25) is 4.99 Å². The van der Waals surface area contributed by atoms with E-state index in [1.54, 1.807) is 18.2 Å². The Kier molecular flexibility index (Phi) is 3.96. The molecule has 1 aromatic heterocycles. The number of aliphatic imine (C=N–C) groups is 1. The molecule has 2 aromatic rings. The summed E-state index contributed by atoms with van der Waals surface area (Å²) in [5.41, 5.74) is 2.89. The Hall–Kier alpha value is -2.40. The van der Waals surface area contributed by atoms with E-state index in [2.05, 4.69) is 9.98 Å². The second-order valence-corrected chi connectivity index (χ2v) is 6.75. The van der Waals surface area contributed by atoms with Gasteiger partial charge in [0.1, 0.15) is 23.2 Å². The minimum Gasteiger partial charge on any atom is -0.490 e. The number of aryl methyl sites for hydroxylation is 1. The molecule has 4 rings (SSSR count). The number of carbonyl (C=O) groups excluding carboxylic acids is 1. The molecule has 0 fully saturated rings. The number of fused-ring (bicyclic) bond motifs is 3. The van der Waals surface area contributed by atoms with Crippen LogP contribution in [0, 0.1) is 0 Å². The van der Waals surface area contributed by atoms with Crippen molar-refractivity contribution in [2.75, 3.05) is 13.7 Å². The number of rotatable bonds is 1. The highest BCUT2D eigenvalue weighted by Crippen LogP contribution is 2.41. The zero-order chi connectivity index (χ0) is 17.4. The highest BCUT2D eigenvalue weighted by Gasteiger charge is 2.38. The summed E-state index contributed by atoms with van der Waals surface area (Å²) in [6, 6.07) is 8.99. The van der Waals surface area contributed by atoms with Gasteiger partial charge >= 0.3 is 5.97 Å². The lowest BCUT2D eigenvalue weighted by Crippen LogP contribution is -2.38. The van der Waals surface area contributed by atoms with E-state index in [4.69, 9.17) is 21.1 Å². The fourth-order valence-corrected chi connectivity index (χ4v) is 3.70. The van der Waals surface area contributed by atoms with Crippen LogP contribution in [-0.4, -0.2) is 30.9 Å². The van der Waals surface area contributed by atoms with Crippen LogP contribution < -0.4 is 4.74 Å². The van der Waals surface area contributed by atoms with Crippen molar-refractivity contribution < 1.29 is 14.3 Å². The van der Waals surface area contributed by atoms with Gasteiger partial charge in [-0.2, -0.15) is 0 Å². The molecule has 128 valence electrons. The summed E-state index contributed by atoms with van der Waals surface area (Å²) in [5.74, 6) is 0.272. The quantitative estimate of drug-likeness (QED) is 0.574. The first-order chi connectivity index (χ1) is 12.1. The molecule has 5 nitrogen and oxygen atoms in total. The average Bonchev–Trinajstić information content (AvgIpc) is 2.81. The number of pyridine rings is 1. The average molecular weight is 357 g/mol. The van der Waals surface area contributed by atoms with Crippen LogP contribution in [-0.2, 0) is 16.6 Å². The Morgan fingerprint density at radius 1 is 1.32 bits per heavy atom. The number of hydrogen-bond donors (Lipinski definition) is 0. The van der Waals surface area contributed by atoms with Gasteiger partial charge < -0.3 is 9.47 Å². The van der Waals surface area contributed by atoms with Crippen molar-refractivity contribution in [2.45, 2.75) is 24.7 Å². The van der Waals surface area contributed by atoms with Gasteiger partial charge in [0, 0.05) is 11.9 Å². The van der Waals surface area contributed by atoms with Gasteiger partial charge in [-0.25, -0.2) is 9.78 Å². The lowest BCUT2D eigenvalue weighted by molar-refractivity contribution is 0.0600. The summed E-state index contributed by atoms with van der Waals surface area (Å²) >= 11 is 6.05. The molecule has 1 aliphatic heterocycles. The normalized spacial score (nSPS) is 21.0. The van der Waals surface area contributed by atoms with Crippen LogP contribution in [0.2, 0.25) is 5.15 Å². The fourth-order valence-electron chi connectivity index (χ4n) is 3.53. The number of ether oxygens (including phenoxy) is 2. The Labute approximate surface area is 150 Å². The number of methoxy groups -OCH3 is 1. The molecule has 0 N–H and O–H groups in total. The highest BCUT2D eigenvalue weighted by atomic mass is 35.5. The van der Waals surface area contributed by atoms with Crippen LogP contribution >= 0.6 is 11.6 Å². The van der Waals surface area contributed by atoms with E-state index < -0.39 is 0 Å². The Balaban J connectivity index is 1.75. The van der Waals surface area contributed by atoms with Crippen molar-refractivity contribution in [3.8, 4) is 5.75 Å². The molecule has 0 saturated heterocycles. The third kappa shape index (κ3) is 2.78. The minimum absolute atomic E-state index is 0.324. The first-order valence-electron chi connectivity index (χ1n) is 8.18. The minimum atomic E-state index is -0.390. The van der Waals surface area contributed by atoms with Crippen LogP contribution in [0.25, 0.3) is 0 Å². The number of aromatic nitrogens is 1. The molecule has 1 spiro atoms. The maximum absolute atomic E-state index is 11.7. The highest BCUT2D eigenvalue weighted by molar-refractivity contribution is 6.29. The third-order valence-electron chi connectivity index (χ3n) is 4.83. The van der Waals surface area contributed by atoms with Crippen LogP contribution in [0.5, 0.6) is 5.75 Å².